The second-order valence-electron chi connectivity index (χ2n) is 2.39. The Hall–Kier alpha value is 1.34. The summed E-state index contributed by atoms with van der Waals surface area (Å²) in [6.07, 6.45) is -0.184. The molecule has 5 heteroatoms. The highest BCUT2D eigenvalue weighted by Crippen LogP contribution is 2.10. The lowest BCUT2D eigenvalue weighted by atomic mass is 10.4. The molecule has 1 rings (SSSR count). The standard InChI is InChI=1S/C5H10I2N2O/c6-8-1-2-9(7)4-5(10)3-8/h5,10H,1-4H2. The van der Waals surface area contributed by atoms with Crippen LogP contribution in [0.15, 0.2) is 0 Å². The molecule has 1 fully saturated rings. The minimum absolute atomic E-state index is 0.184. The number of aliphatic hydroxyl groups excluding tert-OH is 1. The van der Waals surface area contributed by atoms with Crippen LogP contribution in [0.25, 0.3) is 0 Å². The van der Waals surface area contributed by atoms with Gasteiger partial charge in [0, 0.05) is 71.9 Å². The number of hydrogen-bond donors (Lipinski definition) is 1. The number of hydrogen-bond acceptors (Lipinski definition) is 3. The van der Waals surface area contributed by atoms with Crippen molar-refractivity contribution in [1.29, 1.82) is 0 Å². The van der Waals surface area contributed by atoms with Crippen LogP contribution in [0, 0.1) is 0 Å². The molecule has 0 amide bonds. The number of halogens is 2. The van der Waals surface area contributed by atoms with Gasteiger partial charge in [0.2, 0.25) is 0 Å². The summed E-state index contributed by atoms with van der Waals surface area (Å²) < 4.78 is 4.25. The molecule has 1 N–H and O–H groups in total. The fourth-order valence-corrected chi connectivity index (χ4v) is 2.26. The topological polar surface area (TPSA) is 26.7 Å². The number of aliphatic hydroxyl groups is 1. The lowest BCUT2D eigenvalue weighted by Crippen LogP contribution is -2.26. The summed E-state index contributed by atoms with van der Waals surface area (Å²) in [6, 6.07) is 0. The van der Waals surface area contributed by atoms with Crippen LogP contribution in [0.5, 0.6) is 0 Å². The Labute approximate surface area is 88.7 Å². The van der Waals surface area contributed by atoms with E-state index in [1.807, 2.05) is 0 Å². The molecule has 0 atom stereocenters. The van der Waals surface area contributed by atoms with Gasteiger partial charge in [0.25, 0.3) is 0 Å². The minimum Gasteiger partial charge on any atom is -0.390 e. The Morgan fingerprint density at radius 2 is 1.50 bits per heavy atom. The highest BCUT2D eigenvalue weighted by molar-refractivity contribution is 14.1. The lowest BCUT2D eigenvalue weighted by molar-refractivity contribution is 0.155. The Morgan fingerprint density at radius 1 is 1.10 bits per heavy atom. The maximum Gasteiger partial charge on any atom is 0.0810 e. The third-order valence-electron chi connectivity index (χ3n) is 1.40. The fourth-order valence-electron chi connectivity index (χ4n) is 0.915. The van der Waals surface area contributed by atoms with Crippen molar-refractivity contribution < 1.29 is 5.11 Å². The van der Waals surface area contributed by atoms with Crippen LogP contribution in [-0.2, 0) is 0 Å². The maximum atomic E-state index is 9.34. The van der Waals surface area contributed by atoms with Gasteiger partial charge in [-0.3, -0.25) is 0 Å². The molecule has 0 aliphatic carbocycles. The number of nitrogens with zero attached hydrogens (tertiary/aromatic N) is 2. The van der Waals surface area contributed by atoms with Crippen LogP contribution in [0.2, 0.25) is 0 Å². The highest BCUT2D eigenvalue weighted by Gasteiger charge is 2.17. The number of β-amino-alcohol motifs (C(OH)–C–C–N with tert-alkyl or cyclic N) is 1. The van der Waals surface area contributed by atoms with Crippen molar-refractivity contribution in [3.8, 4) is 0 Å². The van der Waals surface area contributed by atoms with Crippen molar-refractivity contribution in [2.45, 2.75) is 6.10 Å². The second kappa shape index (κ2) is 4.39. The molecule has 1 aliphatic heterocycles. The zero-order valence-corrected chi connectivity index (χ0v) is 9.82. The first-order valence-corrected chi connectivity index (χ1v) is 5.11. The first-order valence-electron chi connectivity index (χ1n) is 3.18. The largest absolute Gasteiger partial charge is 0.390 e. The van der Waals surface area contributed by atoms with Crippen LogP contribution in [0.1, 0.15) is 0 Å². The van der Waals surface area contributed by atoms with E-state index in [0.717, 1.165) is 26.2 Å². The van der Waals surface area contributed by atoms with Crippen LogP contribution in [-0.4, -0.2) is 43.6 Å². The van der Waals surface area contributed by atoms with Gasteiger partial charge < -0.3 is 5.11 Å². The molecule has 0 aromatic rings. The summed E-state index contributed by atoms with van der Waals surface area (Å²) in [4.78, 5) is 0. The van der Waals surface area contributed by atoms with E-state index < -0.39 is 0 Å². The van der Waals surface area contributed by atoms with Crippen LogP contribution >= 0.6 is 45.7 Å². The lowest BCUT2D eigenvalue weighted by Gasteiger charge is -2.12. The fraction of sp³-hybridized carbons (Fsp3) is 1.00. The molecule has 0 bridgehead atoms. The molecular formula is C5H10I2N2O. The third kappa shape index (κ3) is 3.16. The molecule has 0 aromatic carbocycles. The van der Waals surface area contributed by atoms with Gasteiger partial charge >= 0.3 is 0 Å². The van der Waals surface area contributed by atoms with Gasteiger partial charge in [-0.1, -0.05) is 0 Å². The number of rotatable bonds is 0. The van der Waals surface area contributed by atoms with Crippen molar-refractivity contribution in [2.75, 3.05) is 26.2 Å². The first-order chi connectivity index (χ1) is 4.68. The molecule has 1 saturated heterocycles. The Kier molecular flexibility index (Phi) is 4.14. The van der Waals surface area contributed by atoms with E-state index in [4.69, 9.17) is 0 Å². The SMILES string of the molecule is OC1CN(I)CCN(I)C1. The van der Waals surface area contributed by atoms with Crippen LogP contribution in [0.4, 0.5) is 0 Å². The zero-order chi connectivity index (χ0) is 7.56. The van der Waals surface area contributed by atoms with Gasteiger partial charge in [0.15, 0.2) is 0 Å². The molecule has 0 aromatic heterocycles. The van der Waals surface area contributed by atoms with Gasteiger partial charge in [-0.2, -0.15) is 0 Å². The van der Waals surface area contributed by atoms with Gasteiger partial charge in [0.05, 0.1) is 6.10 Å². The van der Waals surface area contributed by atoms with E-state index in [2.05, 4.69) is 52.0 Å². The Balaban J connectivity index is 2.38. The summed E-state index contributed by atoms with van der Waals surface area (Å²) in [5.74, 6) is 0. The summed E-state index contributed by atoms with van der Waals surface area (Å²) >= 11 is 4.50. The monoisotopic (exact) mass is 368 g/mol. The summed E-state index contributed by atoms with van der Waals surface area (Å²) in [5, 5.41) is 9.34. The average Bonchev–Trinajstić information content (AvgIpc) is 1.93. The van der Waals surface area contributed by atoms with E-state index in [1.54, 1.807) is 0 Å². The molecular weight excluding hydrogens is 358 g/mol. The Bertz CT molecular complexity index is 102. The quantitative estimate of drug-likeness (QED) is 0.503. The first kappa shape index (κ1) is 9.43. The summed E-state index contributed by atoms with van der Waals surface area (Å²) in [6.45, 7) is 3.67. The molecule has 60 valence electrons. The predicted octanol–water partition coefficient (Wildman–Crippen LogP) is 0.665. The van der Waals surface area contributed by atoms with Crippen LogP contribution in [0.3, 0.4) is 0 Å². The van der Waals surface area contributed by atoms with E-state index in [0.29, 0.717) is 0 Å². The third-order valence-corrected chi connectivity index (χ3v) is 3.16. The minimum atomic E-state index is -0.184. The van der Waals surface area contributed by atoms with Crippen molar-refractivity contribution in [2.24, 2.45) is 0 Å². The molecule has 0 spiro atoms. The van der Waals surface area contributed by atoms with Gasteiger partial charge in [-0.15, -0.1) is 0 Å². The molecule has 0 radical (unpaired) electrons. The normalized spacial score (nSPS) is 26.7. The molecule has 1 aliphatic rings. The van der Waals surface area contributed by atoms with Crippen LogP contribution < -0.4 is 0 Å². The summed E-state index contributed by atoms with van der Waals surface area (Å²) in [7, 11) is 0. The van der Waals surface area contributed by atoms with Gasteiger partial charge in [-0.05, 0) is 0 Å². The smallest absolute Gasteiger partial charge is 0.0810 e. The van der Waals surface area contributed by atoms with Gasteiger partial charge in [-0.25, -0.2) is 6.23 Å². The van der Waals surface area contributed by atoms with Crippen molar-refractivity contribution >= 4 is 45.7 Å². The molecule has 3 nitrogen and oxygen atoms in total. The van der Waals surface area contributed by atoms with Crippen molar-refractivity contribution in [1.82, 2.24) is 6.23 Å². The predicted molar refractivity (Wildman–Crippen MR) is 57.2 cm³/mol. The van der Waals surface area contributed by atoms with Crippen molar-refractivity contribution in [3.05, 3.63) is 0 Å². The average molecular weight is 368 g/mol. The van der Waals surface area contributed by atoms with E-state index in [1.165, 1.54) is 0 Å². The van der Waals surface area contributed by atoms with E-state index >= 15 is 0 Å². The molecule has 10 heavy (non-hydrogen) atoms. The highest BCUT2D eigenvalue weighted by atomic mass is 127. The Morgan fingerprint density at radius 3 is 1.90 bits per heavy atom. The van der Waals surface area contributed by atoms with Crippen molar-refractivity contribution in [3.63, 3.8) is 0 Å². The van der Waals surface area contributed by atoms with Gasteiger partial charge in [0.1, 0.15) is 0 Å². The maximum absolute atomic E-state index is 9.34. The molecule has 0 saturated carbocycles. The van der Waals surface area contributed by atoms with E-state index in [9.17, 15) is 5.11 Å². The summed E-state index contributed by atoms with van der Waals surface area (Å²) in [5.41, 5.74) is 0. The molecule has 0 unspecified atom stereocenters. The molecule has 1 heterocycles. The zero-order valence-electron chi connectivity index (χ0n) is 5.50. The van der Waals surface area contributed by atoms with E-state index in [-0.39, 0.29) is 6.10 Å². The second-order valence-corrected chi connectivity index (χ2v) is 5.12.